The lowest BCUT2D eigenvalue weighted by atomic mass is 10.00. The molecule has 2 saturated heterocycles. The Morgan fingerprint density at radius 1 is 0.650 bits per heavy atom. The molecule has 0 bridgehead atoms. The van der Waals surface area contributed by atoms with Gasteiger partial charge in [-0.1, -0.05) is 90.1 Å². The highest BCUT2D eigenvalue weighted by atomic mass is 16.5. The number of carbonyl (C=O) groups is 4. The number of methoxy groups -OCH3 is 2. The fraction of sp³-hybridized carbons (Fsp3) is 0.444. The Morgan fingerprint density at radius 2 is 1.12 bits per heavy atom. The molecular weight excluding hydrogens is 763 g/mol. The summed E-state index contributed by atoms with van der Waals surface area (Å²) in [7, 11) is 2.58. The van der Waals surface area contributed by atoms with Crippen molar-refractivity contribution in [3.8, 4) is 33.5 Å². The second kappa shape index (κ2) is 17.5. The summed E-state index contributed by atoms with van der Waals surface area (Å²) >= 11 is 0. The van der Waals surface area contributed by atoms with Crippen molar-refractivity contribution in [1.82, 2.24) is 45.4 Å². The van der Waals surface area contributed by atoms with E-state index >= 15 is 0 Å². The molecule has 1 unspecified atom stereocenters. The quantitative estimate of drug-likeness (QED) is 0.106. The van der Waals surface area contributed by atoms with Gasteiger partial charge in [-0.2, -0.15) is 0 Å². The maximum absolute atomic E-state index is 13.8. The second-order valence-corrected chi connectivity index (χ2v) is 17.0. The number of ether oxygens (including phenoxy) is 2. The molecule has 0 radical (unpaired) electrons. The lowest BCUT2D eigenvalue weighted by Crippen LogP contribution is -2.51. The number of fused-ring (bicyclic) bond motifs is 1. The Labute approximate surface area is 350 Å². The van der Waals surface area contributed by atoms with Crippen LogP contribution in [0.3, 0.4) is 0 Å². The van der Waals surface area contributed by atoms with E-state index in [0.29, 0.717) is 24.6 Å². The number of nitrogens with one attached hydrogen (secondary N) is 4. The maximum Gasteiger partial charge on any atom is 0.407 e. The van der Waals surface area contributed by atoms with E-state index in [2.05, 4.69) is 88.0 Å². The van der Waals surface area contributed by atoms with Crippen LogP contribution >= 0.6 is 0 Å². The van der Waals surface area contributed by atoms with Crippen LogP contribution in [-0.4, -0.2) is 98.1 Å². The van der Waals surface area contributed by atoms with E-state index in [4.69, 9.17) is 19.4 Å². The minimum Gasteiger partial charge on any atom is -0.453 e. The number of H-pyrrole nitrogens is 2. The number of alkyl carbamates (subject to hydrolysis) is 2. The van der Waals surface area contributed by atoms with Gasteiger partial charge in [-0.05, 0) is 64.8 Å². The first-order valence-electron chi connectivity index (χ1n) is 20.7. The van der Waals surface area contributed by atoms with E-state index in [9.17, 15) is 19.2 Å². The molecule has 0 spiro atoms. The number of likely N-dealkylation sites (tertiary alicyclic amines) is 2. The van der Waals surface area contributed by atoms with Gasteiger partial charge in [0.2, 0.25) is 11.8 Å². The van der Waals surface area contributed by atoms with Gasteiger partial charge in [0.05, 0.1) is 43.7 Å². The van der Waals surface area contributed by atoms with Crippen LogP contribution in [0.5, 0.6) is 0 Å². The van der Waals surface area contributed by atoms with Crippen LogP contribution in [0, 0.1) is 23.7 Å². The molecule has 60 heavy (non-hydrogen) atoms. The van der Waals surface area contributed by atoms with Crippen LogP contribution in [0.1, 0.15) is 78.1 Å². The molecule has 5 heterocycles. The largest absolute Gasteiger partial charge is 0.453 e. The normalized spacial score (nSPS) is 20.1. The number of benzene rings is 2. The lowest BCUT2D eigenvalue weighted by Gasteiger charge is -2.30. The zero-order valence-electron chi connectivity index (χ0n) is 35.5. The standard InChI is InChI=1S/C45H55N9O6/c1-24(2)37(50-44(57)59-7)42(55)53-22-26(5)17-35(53)40-47-21-34(49-40)31-15-13-29(14-16-31)28-9-11-30(12-10-28)32-19-33-39(46-20-32)52-41(48-33)36-18-27(6)23-54(36)43(56)38(25(3)4)51-45(58)60-8/h9-16,19-21,24-27,35-38H,17-18,22-23H2,1-8H3,(H,47,49)(H,50,57)(H,51,58)(H,46,48,52)/t26-,27-,35+,36-,37?,38-/m0/s1. The van der Waals surface area contributed by atoms with Crippen LogP contribution in [0.25, 0.3) is 44.7 Å². The summed E-state index contributed by atoms with van der Waals surface area (Å²) in [5.74, 6) is 1.38. The zero-order valence-corrected chi connectivity index (χ0v) is 35.5. The monoisotopic (exact) mass is 817 g/mol. The van der Waals surface area contributed by atoms with E-state index in [1.165, 1.54) is 14.2 Å². The summed E-state index contributed by atoms with van der Waals surface area (Å²) in [5.41, 5.74) is 7.23. The van der Waals surface area contributed by atoms with Crippen molar-refractivity contribution in [3.05, 3.63) is 78.6 Å². The van der Waals surface area contributed by atoms with E-state index in [1.807, 2.05) is 56.0 Å². The predicted molar refractivity (Wildman–Crippen MR) is 227 cm³/mol. The number of pyridine rings is 1. The smallest absolute Gasteiger partial charge is 0.407 e. The highest BCUT2D eigenvalue weighted by Crippen LogP contribution is 2.38. The van der Waals surface area contributed by atoms with Crippen molar-refractivity contribution in [1.29, 1.82) is 0 Å². The highest BCUT2D eigenvalue weighted by molar-refractivity contribution is 5.87. The Balaban J connectivity index is 1.03. The van der Waals surface area contributed by atoms with Crippen molar-refractivity contribution >= 4 is 35.2 Å². The molecule has 4 amide bonds. The lowest BCUT2D eigenvalue weighted by molar-refractivity contribution is -0.136. The minimum atomic E-state index is -0.717. The number of rotatable bonds is 11. The number of nitrogens with zero attached hydrogens (tertiary/aromatic N) is 5. The van der Waals surface area contributed by atoms with Crippen LogP contribution in [0.2, 0.25) is 0 Å². The van der Waals surface area contributed by atoms with E-state index in [0.717, 1.165) is 57.7 Å². The SMILES string of the molecule is COC(=O)NC(C(=O)N1C[C@@H](C)C[C@@H]1c1ncc(-c2ccc(-c3ccc(-c4cnc5nc([C@@H]6C[C@H](C)CN6C(=O)[C@@H](NC(=O)OC)C(C)C)[nH]c5c4)cc3)cc2)[nH]1)C(C)C. The minimum absolute atomic E-state index is 0.116. The first-order chi connectivity index (χ1) is 28.7. The van der Waals surface area contributed by atoms with Crippen molar-refractivity contribution in [3.63, 3.8) is 0 Å². The number of hydrogen-bond donors (Lipinski definition) is 4. The molecule has 4 N–H and O–H groups in total. The highest BCUT2D eigenvalue weighted by Gasteiger charge is 2.41. The first kappa shape index (κ1) is 41.9. The summed E-state index contributed by atoms with van der Waals surface area (Å²) in [4.78, 5) is 76.3. The van der Waals surface area contributed by atoms with Crippen LogP contribution in [-0.2, 0) is 19.1 Å². The molecule has 316 valence electrons. The van der Waals surface area contributed by atoms with Gasteiger partial charge in [0.1, 0.15) is 23.7 Å². The summed E-state index contributed by atoms with van der Waals surface area (Å²) in [5, 5.41) is 5.42. The molecule has 2 fully saturated rings. The molecule has 2 aromatic carbocycles. The Bertz CT molecular complexity index is 2340. The molecule has 15 heteroatoms. The molecule has 6 atom stereocenters. The number of amides is 4. The zero-order chi connectivity index (χ0) is 42.8. The topological polar surface area (TPSA) is 188 Å². The molecule has 0 saturated carbocycles. The average Bonchev–Trinajstić information content (AvgIpc) is 4.06. The molecule has 2 aliphatic rings. The summed E-state index contributed by atoms with van der Waals surface area (Å²) in [6.45, 7) is 13.0. The Hall–Kier alpha value is -6.25. The van der Waals surface area contributed by atoms with Gasteiger partial charge in [-0.15, -0.1) is 0 Å². The molecule has 2 aliphatic heterocycles. The third-order valence-electron chi connectivity index (χ3n) is 11.7. The van der Waals surface area contributed by atoms with Crippen molar-refractivity contribution < 1.29 is 28.7 Å². The third kappa shape index (κ3) is 8.70. The van der Waals surface area contributed by atoms with Crippen LogP contribution < -0.4 is 10.6 Å². The van der Waals surface area contributed by atoms with Crippen LogP contribution in [0.4, 0.5) is 9.59 Å². The van der Waals surface area contributed by atoms with Gasteiger partial charge in [-0.3, -0.25) is 9.59 Å². The number of aromatic nitrogens is 5. The van der Waals surface area contributed by atoms with E-state index < -0.39 is 24.3 Å². The Kier molecular flexibility index (Phi) is 12.2. The third-order valence-corrected chi connectivity index (χ3v) is 11.7. The molecule has 7 rings (SSSR count). The summed E-state index contributed by atoms with van der Waals surface area (Å²) in [6.07, 6.45) is 3.87. The van der Waals surface area contributed by atoms with Crippen molar-refractivity contribution in [2.24, 2.45) is 23.7 Å². The predicted octanol–water partition coefficient (Wildman–Crippen LogP) is 7.26. The van der Waals surface area contributed by atoms with Gasteiger partial charge in [0.15, 0.2) is 5.65 Å². The summed E-state index contributed by atoms with van der Waals surface area (Å²) < 4.78 is 9.57. The fourth-order valence-corrected chi connectivity index (χ4v) is 8.44. The second-order valence-electron chi connectivity index (χ2n) is 17.0. The van der Waals surface area contributed by atoms with Crippen LogP contribution in [0.15, 0.2) is 67.0 Å². The van der Waals surface area contributed by atoms with Crippen molar-refractivity contribution in [2.45, 2.75) is 78.6 Å². The van der Waals surface area contributed by atoms with Gasteiger partial charge in [-0.25, -0.2) is 24.5 Å². The van der Waals surface area contributed by atoms with Gasteiger partial charge in [0.25, 0.3) is 0 Å². The molecule has 0 aliphatic carbocycles. The molecular formula is C45H55N9O6. The average molecular weight is 818 g/mol. The molecule has 3 aromatic heterocycles. The number of hydrogen-bond acceptors (Lipinski definition) is 9. The number of aromatic amines is 2. The van der Waals surface area contributed by atoms with Gasteiger partial charge < -0.3 is 39.9 Å². The maximum atomic E-state index is 13.8. The van der Waals surface area contributed by atoms with E-state index in [1.54, 1.807) is 0 Å². The van der Waals surface area contributed by atoms with E-state index in [-0.39, 0.29) is 47.6 Å². The summed E-state index contributed by atoms with van der Waals surface area (Å²) in [6, 6.07) is 16.7. The fourth-order valence-electron chi connectivity index (χ4n) is 8.44. The Morgan fingerprint density at radius 3 is 1.60 bits per heavy atom. The molecule has 15 nitrogen and oxygen atoms in total. The molecule has 5 aromatic rings. The van der Waals surface area contributed by atoms with Gasteiger partial charge >= 0.3 is 12.2 Å². The number of imidazole rings is 2. The first-order valence-corrected chi connectivity index (χ1v) is 20.7. The van der Waals surface area contributed by atoms with Crippen molar-refractivity contribution in [2.75, 3.05) is 27.3 Å². The van der Waals surface area contributed by atoms with Gasteiger partial charge in [0, 0.05) is 24.8 Å². The number of carbonyl (C=O) groups excluding carboxylic acids is 4.